The van der Waals surface area contributed by atoms with Gasteiger partial charge in [0.2, 0.25) is 21.8 Å². The number of nitrogens with one attached hydrogen (secondary N) is 1. The van der Waals surface area contributed by atoms with E-state index in [9.17, 15) is 18.0 Å². The van der Waals surface area contributed by atoms with Crippen LogP contribution in [0.25, 0.3) is 0 Å². The summed E-state index contributed by atoms with van der Waals surface area (Å²) in [6.07, 6.45) is 0. The van der Waals surface area contributed by atoms with Crippen LogP contribution in [-0.2, 0) is 19.6 Å². The maximum atomic E-state index is 11.4. The second-order valence-corrected chi connectivity index (χ2v) is 4.93. The third-order valence-corrected chi connectivity index (χ3v) is 3.48. The highest BCUT2D eigenvalue weighted by molar-refractivity contribution is 7.89. The largest absolute Gasteiger partial charge is 0.329 e. The lowest BCUT2D eigenvalue weighted by Gasteiger charge is -2.24. The van der Waals surface area contributed by atoms with E-state index in [2.05, 4.69) is 0 Å². The smallest absolute Gasteiger partial charge is 0.241 e. The lowest BCUT2D eigenvalue weighted by atomic mass is 10.4. The number of nitrogens with zero attached hydrogens (tertiary/aromatic N) is 1. The van der Waals surface area contributed by atoms with Gasteiger partial charge < -0.3 is 5.73 Å². The summed E-state index contributed by atoms with van der Waals surface area (Å²) >= 11 is 0. The number of amides is 2. The molecular formula is C6H11N3O4S. The molecule has 80 valence electrons. The zero-order valence-corrected chi connectivity index (χ0v) is 8.21. The Hall–Kier alpha value is -0.990. The number of nitrogens with two attached hydrogens (primary N) is 1. The Morgan fingerprint density at radius 3 is 2.21 bits per heavy atom. The molecule has 0 spiro atoms. The molecule has 8 heteroatoms. The van der Waals surface area contributed by atoms with Crippen molar-refractivity contribution >= 4 is 21.8 Å². The summed E-state index contributed by atoms with van der Waals surface area (Å²) in [4.78, 5) is 21.7. The number of hydrogen-bond donors (Lipinski definition) is 2. The Balaban J connectivity index is 2.78. The van der Waals surface area contributed by atoms with Gasteiger partial charge in [0.25, 0.3) is 0 Å². The van der Waals surface area contributed by atoms with E-state index in [1.807, 2.05) is 5.32 Å². The Bertz CT molecular complexity index is 334. The molecule has 0 aromatic rings. The van der Waals surface area contributed by atoms with Crippen LogP contribution < -0.4 is 11.1 Å². The van der Waals surface area contributed by atoms with Crippen LogP contribution in [0.3, 0.4) is 0 Å². The van der Waals surface area contributed by atoms with Crippen molar-refractivity contribution in [2.24, 2.45) is 5.73 Å². The average Bonchev–Trinajstić information content (AvgIpc) is 2.02. The minimum Gasteiger partial charge on any atom is -0.329 e. The fourth-order valence-corrected chi connectivity index (χ4v) is 2.27. The third-order valence-electron chi connectivity index (χ3n) is 1.69. The van der Waals surface area contributed by atoms with Crippen LogP contribution in [0.4, 0.5) is 0 Å². The van der Waals surface area contributed by atoms with Gasteiger partial charge in [0.1, 0.15) is 0 Å². The van der Waals surface area contributed by atoms with Crippen LogP contribution in [0.15, 0.2) is 0 Å². The highest BCUT2D eigenvalue weighted by Crippen LogP contribution is 2.03. The maximum absolute atomic E-state index is 11.4. The van der Waals surface area contributed by atoms with Crippen LogP contribution >= 0.6 is 0 Å². The summed E-state index contributed by atoms with van der Waals surface area (Å²) in [7, 11) is -3.57. The quantitative estimate of drug-likeness (QED) is 0.501. The van der Waals surface area contributed by atoms with Gasteiger partial charge in [-0.2, -0.15) is 4.31 Å². The Morgan fingerprint density at radius 1 is 1.29 bits per heavy atom. The molecule has 1 fully saturated rings. The minimum absolute atomic E-state index is 0.0331. The van der Waals surface area contributed by atoms with Crippen molar-refractivity contribution in [3.63, 3.8) is 0 Å². The molecule has 1 aliphatic heterocycles. The van der Waals surface area contributed by atoms with Crippen molar-refractivity contribution in [1.82, 2.24) is 9.62 Å². The van der Waals surface area contributed by atoms with Crippen molar-refractivity contribution < 1.29 is 18.0 Å². The molecule has 1 saturated heterocycles. The normalized spacial score (nSPS) is 19.5. The topological polar surface area (TPSA) is 110 Å². The molecule has 0 aromatic heterocycles. The Labute approximate surface area is 81.3 Å². The van der Waals surface area contributed by atoms with Crippen molar-refractivity contribution in [3.05, 3.63) is 0 Å². The molecule has 0 aromatic carbocycles. The maximum Gasteiger partial charge on any atom is 0.241 e. The van der Waals surface area contributed by atoms with Gasteiger partial charge in [0.15, 0.2) is 0 Å². The van der Waals surface area contributed by atoms with E-state index in [1.54, 1.807) is 0 Å². The van der Waals surface area contributed by atoms with Crippen molar-refractivity contribution in [1.29, 1.82) is 0 Å². The number of imide groups is 1. The molecule has 14 heavy (non-hydrogen) atoms. The van der Waals surface area contributed by atoms with Crippen LogP contribution in [0.5, 0.6) is 0 Å². The van der Waals surface area contributed by atoms with E-state index in [4.69, 9.17) is 5.73 Å². The highest BCUT2D eigenvalue weighted by Gasteiger charge is 2.30. The summed E-state index contributed by atoms with van der Waals surface area (Å²) in [6.45, 7) is -0.656. The van der Waals surface area contributed by atoms with E-state index in [0.29, 0.717) is 0 Å². The molecule has 1 aliphatic rings. The highest BCUT2D eigenvalue weighted by atomic mass is 32.2. The monoisotopic (exact) mass is 221 g/mol. The number of carbonyl (C=O) groups excluding carboxylic acids is 2. The first kappa shape index (κ1) is 11.1. The van der Waals surface area contributed by atoms with Crippen LogP contribution in [0.2, 0.25) is 0 Å². The molecule has 0 unspecified atom stereocenters. The Kier molecular flexibility index (Phi) is 3.19. The summed E-state index contributed by atoms with van der Waals surface area (Å²) < 4.78 is 23.6. The van der Waals surface area contributed by atoms with Gasteiger partial charge in [0, 0.05) is 6.54 Å². The molecule has 0 saturated carbocycles. The first-order valence-electron chi connectivity index (χ1n) is 3.96. The predicted octanol–water partition coefficient (Wildman–Crippen LogP) is -2.77. The number of sulfonamides is 1. The zero-order chi connectivity index (χ0) is 10.8. The molecule has 7 nitrogen and oxygen atoms in total. The average molecular weight is 221 g/mol. The molecule has 0 bridgehead atoms. The van der Waals surface area contributed by atoms with Gasteiger partial charge in [0.05, 0.1) is 18.8 Å². The van der Waals surface area contributed by atoms with Crippen LogP contribution in [0, 0.1) is 0 Å². The van der Waals surface area contributed by atoms with Gasteiger partial charge in [-0.3, -0.25) is 14.9 Å². The molecule has 0 radical (unpaired) electrons. The fraction of sp³-hybridized carbons (Fsp3) is 0.667. The summed E-state index contributed by atoms with van der Waals surface area (Å²) in [5.41, 5.74) is 5.10. The molecule has 3 N–H and O–H groups in total. The fourth-order valence-electron chi connectivity index (χ4n) is 1.09. The first-order valence-corrected chi connectivity index (χ1v) is 5.57. The second kappa shape index (κ2) is 4.03. The Morgan fingerprint density at radius 2 is 1.79 bits per heavy atom. The molecule has 0 aliphatic carbocycles. The van der Waals surface area contributed by atoms with E-state index in [1.165, 1.54) is 0 Å². The number of carbonyl (C=O) groups is 2. The predicted molar refractivity (Wildman–Crippen MR) is 47.6 cm³/mol. The minimum atomic E-state index is -3.57. The van der Waals surface area contributed by atoms with Crippen molar-refractivity contribution in [2.45, 2.75) is 0 Å². The summed E-state index contributed by atoms with van der Waals surface area (Å²) in [6, 6.07) is 0. The van der Waals surface area contributed by atoms with Gasteiger partial charge >= 0.3 is 0 Å². The molecule has 0 atom stereocenters. The molecule has 1 heterocycles. The van der Waals surface area contributed by atoms with E-state index >= 15 is 0 Å². The molecule has 2 amide bonds. The second-order valence-electron chi connectivity index (χ2n) is 2.84. The van der Waals surface area contributed by atoms with Gasteiger partial charge in [-0.25, -0.2) is 8.42 Å². The lowest BCUT2D eigenvalue weighted by Crippen LogP contribution is -2.54. The molecular weight excluding hydrogens is 210 g/mol. The zero-order valence-electron chi connectivity index (χ0n) is 7.39. The number of hydrogen-bond acceptors (Lipinski definition) is 5. The van der Waals surface area contributed by atoms with E-state index in [-0.39, 0.29) is 25.4 Å². The SMILES string of the molecule is NCCS(=O)(=O)N1CC(=O)NC(=O)C1. The first-order chi connectivity index (χ1) is 6.45. The summed E-state index contributed by atoms with van der Waals surface area (Å²) in [5, 5.41) is 2.01. The third kappa shape index (κ3) is 2.50. The van der Waals surface area contributed by atoms with Gasteiger partial charge in [-0.1, -0.05) is 0 Å². The standard InChI is InChI=1S/C6H11N3O4S/c7-1-2-14(12,13)9-3-5(10)8-6(11)4-9/h1-4,7H2,(H,8,10,11). The van der Waals surface area contributed by atoms with Crippen molar-refractivity contribution in [2.75, 3.05) is 25.4 Å². The van der Waals surface area contributed by atoms with Gasteiger partial charge in [-0.15, -0.1) is 0 Å². The summed E-state index contributed by atoms with van der Waals surface area (Å²) in [5.74, 6) is -1.48. The van der Waals surface area contributed by atoms with Crippen LogP contribution in [0.1, 0.15) is 0 Å². The lowest BCUT2D eigenvalue weighted by molar-refractivity contribution is -0.134. The van der Waals surface area contributed by atoms with Gasteiger partial charge in [-0.05, 0) is 0 Å². The molecule has 1 rings (SSSR count). The van der Waals surface area contributed by atoms with Crippen LogP contribution in [-0.4, -0.2) is 49.9 Å². The van der Waals surface area contributed by atoms with E-state index < -0.39 is 21.8 Å². The number of piperazine rings is 1. The van der Waals surface area contributed by atoms with E-state index in [0.717, 1.165) is 4.31 Å². The number of rotatable bonds is 3. The van der Waals surface area contributed by atoms with Crippen molar-refractivity contribution in [3.8, 4) is 0 Å².